The van der Waals surface area contributed by atoms with Crippen LogP contribution >= 0.6 is 11.6 Å². The van der Waals surface area contributed by atoms with Gasteiger partial charge in [0.2, 0.25) is 0 Å². The van der Waals surface area contributed by atoms with Crippen molar-refractivity contribution in [3.63, 3.8) is 0 Å². The Labute approximate surface area is 168 Å². The molecule has 0 saturated heterocycles. The number of ether oxygens (including phenoxy) is 1. The van der Waals surface area contributed by atoms with E-state index in [1.165, 1.54) is 7.11 Å². The topological polar surface area (TPSA) is 47.9 Å². The summed E-state index contributed by atoms with van der Waals surface area (Å²) in [6, 6.07) is 22.7. The number of fused-ring (bicyclic) bond motifs is 1. The fourth-order valence-corrected chi connectivity index (χ4v) is 3.75. The SMILES string of the molecule is CON=CC1C(=O)c2c(Oc3ccc(Cl)cc3)cccc2C1c1ccccc1. The zero-order chi connectivity index (χ0) is 19.5. The van der Waals surface area contributed by atoms with Crippen LogP contribution < -0.4 is 4.74 Å². The maximum Gasteiger partial charge on any atom is 0.176 e. The van der Waals surface area contributed by atoms with Crippen molar-refractivity contribution in [2.75, 3.05) is 7.11 Å². The van der Waals surface area contributed by atoms with Gasteiger partial charge in [0.05, 0.1) is 17.7 Å². The molecule has 2 atom stereocenters. The van der Waals surface area contributed by atoms with E-state index in [2.05, 4.69) is 5.16 Å². The lowest BCUT2D eigenvalue weighted by molar-refractivity contribution is 0.0960. The Morgan fingerprint density at radius 2 is 1.71 bits per heavy atom. The van der Waals surface area contributed by atoms with Crippen LogP contribution in [-0.2, 0) is 4.84 Å². The fourth-order valence-electron chi connectivity index (χ4n) is 3.62. The minimum absolute atomic E-state index is 0.0331. The van der Waals surface area contributed by atoms with Crippen molar-refractivity contribution in [1.82, 2.24) is 0 Å². The summed E-state index contributed by atoms with van der Waals surface area (Å²) in [6.07, 6.45) is 1.58. The molecule has 5 heteroatoms. The predicted octanol–water partition coefficient (Wildman–Crippen LogP) is 5.71. The van der Waals surface area contributed by atoms with E-state index in [1.54, 1.807) is 30.5 Å². The van der Waals surface area contributed by atoms with Gasteiger partial charge in [0.1, 0.15) is 18.6 Å². The molecule has 0 heterocycles. The van der Waals surface area contributed by atoms with Crippen molar-refractivity contribution in [3.8, 4) is 11.5 Å². The number of hydrogen-bond donors (Lipinski definition) is 0. The summed E-state index contributed by atoms with van der Waals surface area (Å²) in [5.41, 5.74) is 2.56. The van der Waals surface area contributed by atoms with Gasteiger partial charge < -0.3 is 9.57 Å². The molecule has 0 spiro atoms. The standard InChI is InChI=1S/C23H18ClNO3/c1-27-25-14-19-21(15-6-3-2-4-7-15)18-8-5-9-20(22(18)23(19)26)28-17-12-10-16(24)11-13-17/h2-14,19,21H,1H3. The monoisotopic (exact) mass is 391 g/mol. The summed E-state index contributed by atoms with van der Waals surface area (Å²) >= 11 is 5.95. The van der Waals surface area contributed by atoms with Gasteiger partial charge in [-0.2, -0.15) is 0 Å². The highest BCUT2D eigenvalue weighted by Gasteiger charge is 2.42. The molecular formula is C23H18ClNO3. The van der Waals surface area contributed by atoms with Gasteiger partial charge in [0.25, 0.3) is 0 Å². The molecule has 3 aromatic carbocycles. The number of carbonyl (C=O) groups excluding carboxylic acids is 1. The normalized spacial score (nSPS) is 18.3. The first-order chi connectivity index (χ1) is 13.7. The number of Topliss-reactive ketones (excluding diaryl/α,β-unsaturated/α-hetero) is 1. The van der Waals surface area contributed by atoms with E-state index in [-0.39, 0.29) is 11.7 Å². The van der Waals surface area contributed by atoms with Crippen LogP contribution in [0.25, 0.3) is 0 Å². The summed E-state index contributed by atoms with van der Waals surface area (Å²) in [5.74, 6) is 0.521. The fraction of sp³-hybridized carbons (Fsp3) is 0.130. The third-order valence-electron chi connectivity index (χ3n) is 4.83. The average molecular weight is 392 g/mol. The summed E-state index contributed by atoms with van der Waals surface area (Å²) < 4.78 is 6.03. The van der Waals surface area contributed by atoms with Crippen LogP contribution in [0.1, 0.15) is 27.4 Å². The van der Waals surface area contributed by atoms with Crippen LogP contribution in [0.15, 0.2) is 78.0 Å². The Morgan fingerprint density at radius 1 is 0.964 bits per heavy atom. The summed E-state index contributed by atoms with van der Waals surface area (Å²) in [4.78, 5) is 18.1. The molecule has 140 valence electrons. The molecule has 0 aromatic heterocycles. The quantitative estimate of drug-likeness (QED) is 0.413. The van der Waals surface area contributed by atoms with E-state index in [4.69, 9.17) is 21.2 Å². The summed E-state index contributed by atoms with van der Waals surface area (Å²) in [6.45, 7) is 0. The highest BCUT2D eigenvalue weighted by Crippen LogP contribution is 2.45. The van der Waals surface area contributed by atoms with Crippen molar-refractivity contribution >= 4 is 23.6 Å². The number of ketones is 1. The minimum Gasteiger partial charge on any atom is -0.457 e. The molecule has 4 nitrogen and oxygen atoms in total. The van der Waals surface area contributed by atoms with Crippen LogP contribution in [-0.4, -0.2) is 19.1 Å². The third kappa shape index (κ3) is 3.39. The third-order valence-corrected chi connectivity index (χ3v) is 5.08. The molecule has 0 aliphatic heterocycles. The van der Waals surface area contributed by atoms with E-state index < -0.39 is 5.92 Å². The summed E-state index contributed by atoms with van der Waals surface area (Å²) in [5, 5.41) is 4.51. The Morgan fingerprint density at radius 3 is 2.43 bits per heavy atom. The van der Waals surface area contributed by atoms with Crippen LogP contribution in [0.3, 0.4) is 0 Å². The smallest absolute Gasteiger partial charge is 0.176 e. The van der Waals surface area contributed by atoms with Crippen LogP contribution in [0.5, 0.6) is 11.5 Å². The molecule has 0 bridgehead atoms. The molecule has 1 aliphatic rings. The molecule has 1 aliphatic carbocycles. The van der Waals surface area contributed by atoms with Crippen LogP contribution in [0.4, 0.5) is 0 Å². The number of halogens is 1. The Hall–Kier alpha value is -3.11. The maximum atomic E-state index is 13.3. The number of hydrogen-bond acceptors (Lipinski definition) is 4. The van der Waals surface area contributed by atoms with E-state index >= 15 is 0 Å². The number of carbonyl (C=O) groups is 1. The first-order valence-electron chi connectivity index (χ1n) is 8.91. The largest absolute Gasteiger partial charge is 0.457 e. The van der Waals surface area contributed by atoms with Crippen molar-refractivity contribution in [2.24, 2.45) is 11.1 Å². The zero-order valence-electron chi connectivity index (χ0n) is 15.2. The van der Waals surface area contributed by atoms with Crippen molar-refractivity contribution in [1.29, 1.82) is 0 Å². The molecule has 3 aromatic rings. The lowest BCUT2D eigenvalue weighted by Gasteiger charge is -2.16. The second-order valence-corrected chi connectivity index (χ2v) is 6.93. The van der Waals surface area contributed by atoms with Crippen molar-refractivity contribution in [3.05, 3.63) is 94.5 Å². The Balaban J connectivity index is 1.80. The first kappa shape index (κ1) is 18.3. The lowest BCUT2D eigenvalue weighted by atomic mass is 9.86. The number of nitrogens with zero attached hydrogens (tertiary/aromatic N) is 1. The number of benzene rings is 3. The highest BCUT2D eigenvalue weighted by atomic mass is 35.5. The highest BCUT2D eigenvalue weighted by molar-refractivity contribution is 6.30. The molecule has 0 amide bonds. The minimum atomic E-state index is -0.452. The van der Waals surface area contributed by atoms with Gasteiger partial charge in [-0.1, -0.05) is 59.2 Å². The molecule has 0 saturated carbocycles. The van der Waals surface area contributed by atoms with E-state index in [1.807, 2.05) is 48.5 Å². The Bertz CT molecular complexity index is 1020. The van der Waals surface area contributed by atoms with Crippen molar-refractivity contribution < 1.29 is 14.4 Å². The maximum absolute atomic E-state index is 13.3. The van der Waals surface area contributed by atoms with Gasteiger partial charge in [-0.25, -0.2) is 0 Å². The van der Waals surface area contributed by atoms with Crippen LogP contribution in [0.2, 0.25) is 5.02 Å². The van der Waals surface area contributed by atoms with Gasteiger partial charge in [0.15, 0.2) is 5.78 Å². The zero-order valence-corrected chi connectivity index (χ0v) is 16.0. The average Bonchev–Trinajstić information content (AvgIpc) is 3.01. The molecule has 0 N–H and O–H groups in total. The van der Waals surface area contributed by atoms with Gasteiger partial charge in [-0.05, 0) is 41.5 Å². The second kappa shape index (κ2) is 7.87. The van der Waals surface area contributed by atoms with Gasteiger partial charge in [0, 0.05) is 10.9 Å². The molecule has 0 radical (unpaired) electrons. The number of rotatable bonds is 5. The molecular weight excluding hydrogens is 374 g/mol. The number of oxime groups is 1. The van der Waals surface area contributed by atoms with Crippen molar-refractivity contribution in [2.45, 2.75) is 5.92 Å². The van der Waals surface area contributed by atoms with E-state index in [0.717, 1.165) is 11.1 Å². The van der Waals surface area contributed by atoms with E-state index in [0.29, 0.717) is 22.1 Å². The van der Waals surface area contributed by atoms with Gasteiger partial charge in [-0.3, -0.25) is 4.79 Å². The van der Waals surface area contributed by atoms with Gasteiger partial charge in [-0.15, -0.1) is 0 Å². The van der Waals surface area contributed by atoms with Gasteiger partial charge >= 0.3 is 0 Å². The molecule has 2 unspecified atom stereocenters. The predicted molar refractivity (Wildman–Crippen MR) is 110 cm³/mol. The molecule has 0 fully saturated rings. The lowest BCUT2D eigenvalue weighted by Crippen LogP contribution is -2.16. The molecule has 4 rings (SSSR count). The molecule has 28 heavy (non-hydrogen) atoms. The van der Waals surface area contributed by atoms with E-state index in [9.17, 15) is 4.79 Å². The summed E-state index contributed by atoms with van der Waals surface area (Å²) in [7, 11) is 1.47. The second-order valence-electron chi connectivity index (χ2n) is 6.49. The van der Waals surface area contributed by atoms with Crippen LogP contribution in [0, 0.1) is 5.92 Å². The first-order valence-corrected chi connectivity index (χ1v) is 9.29. The Kier molecular flexibility index (Phi) is 5.13.